The Kier molecular flexibility index (Phi) is 6.20. The lowest BCUT2D eigenvalue weighted by molar-refractivity contribution is -0.121. The zero-order valence-corrected chi connectivity index (χ0v) is 16.7. The molecule has 2 aliphatic rings. The SMILES string of the molecule is O=C(CC1c2ncccc2C(=O)N1c1ccccc1)NCCN1CCCCCC1. The van der Waals surface area contributed by atoms with Gasteiger partial charge in [0, 0.05) is 25.0 Å². The zero-order valence-electron chi connectivity index (χ0n) is 16.7. The molecule has 0 saturated carbocycles. The fraction of sp³-hybridized carbons (Fsp3) is 0.435. The van der Waals surface area contributed by atoms with Crippen LogP contribution in [-0.4, -0.2) is 47.9 Å². The second-order valence-corrected chi connectivity index (χ2v) is 7.77. The molecule has 152 valence electrons. The fourth-order valence-corrected chi connectivity index (χ4v) is 4.29. The number of amides is 2. The molecule has 0 bridgehead atoms. The van der Waals surface area contributed by atoms with Crippen molar-refractivity contribution >= 4 is 17.5 Å². The van der Waals surface area contributed by atoms with Crippen molar-refractivity contribution in [1.82, 2.24) is 15.2 Å². The summed E-state index contributed by atoms with van der Waals surface area (Å²) in [6.45, 7) is 3.75. The zero-order chi connectivity index (χ0) is 20.1. The van der Waals surface area contributed by atoms with Crippen LogP contribution >= 0.6 is 0 Å². The second-order valence-electron chi connectivity index (χ2n) is 7.77. The van der Waals surface area contributed by atoms with Crippen LogP contribution in [0.15, 0.2) is 48.7 Å². The van der Waals surface area contributed by atoms with Crippen LogP contribution < -0.4 is 10.2 Å². The van der Waals surface area contributed by atoms with Crippen molar-refractivity contribution < 1.29 is 9.59 Å². The Morgan fingerprint density at radius 1 is 1.03 bits per heavy atom. The first-order valence-electron chi connectivity index (χ1n) is 10.6. The average Bonchev–Trinajstić information content (AvgIpc) is 2.90. The van der Waals surface area contributed by atoms with E-state index in [1.165, 1.54) is 25.7 Å². The summed E-state index contributed by atoms with van der Waals surface area (Å²) in [6, 6.07) is 12.7. The Labute approximate surface area is 171 Å². The van der Waals surface area contributed by atoms with Crippen molar-refractivity contribution in [2.24, 2.45) is 0 Å². The Morgan fingerprint density at radius 2 is 1.79 bits per heavy atom. The molecule has 1 aromatic carbocycles. The Balaban J connectivity index is 1.42. The number of para-hydroxylation sites is 1. The molecule has 2 amide bonds. The van der Waals surface area contributed by atoms with E-state index in [0.29, 0.717) is 17.8 Å². The third-order valence-electron chi connectivity index (χ3n) is 5.78. The van der Waals surface area contributed by atoms with Gasteiger partial charge in [-0.1, -0.05) is 31.0 Å². The number of likely N-dealkylation sites (tertiary alicyclic amines) is 1. The summed E-state index contributed by atoms with van der Waals surface area (Å²) in [4.78, 5) is 34.3. The van der Waals surface area contributed by atoms with E-state index in [-0.39, 0.29) is 24.3 Å². The lowest BCUT2D eigenvalue weighted by atomic mass is 10.1. The Morgan fingerprint density at radius 3 is 2.55 bits per heavy atom. The molecule has 1 N–H and O–H groups in total. The van der Waals surface area contributed by atoms with Gasteiger partial charge in [0.2, 0.25) is 5.91 Å². The number of carbonyl (C=O) groups is 2. The van der Waals surface area contributed by atoms with Gasteiger partial charge in [0.15, 0.2) is 0 Å². The summed E-state index contributed by atoms with van der Waals surface area (Å²) in [5, 5.41) is 3.05. The van der Waals surface area contributed by atoms with E-state index in [4.69, 9.17) is 0 Å². The third kappa shape index (κ3) is 4.48. The van der Waals surface area contributed by atoms with Gasteiger partial charge in [0.25, 0.3) is 5.91 Å². The number of aromatic nitrogens is 1. The van der Waals surface area contributed by atoms with Crippen molar-refractivity contribution in [2.75, 3.05) is 31.1 Å². The van der Waals surface area contributed by atoms with E-state index in [0.717, 1.165) is 25.3 Å². The molecule has 2 aliphatic heterocycles. The van der Waals surface area contributed by atoms with Crippen LogP contribution in [0.5, 0.6) is 0 Å². The minimum atomic E-state index is -0.376. The fourth-order valence-electron chi connectivity index (χ4n) is 4.29. The predicted molar refractivity (Wildman–Crippen MR) is 113 cm³/mol. The average molecular weight is 393 g/mol. The van der Waals surface area contributed by atoms with Gasteiger partial charge >= 0.3 is 0 Å². The number of hydrogen-bond acceptors (Lipinski definition) is 4. The highest BCUT2D eigenvalue weighted by Gasteiger charge is 2.39. The molecule has 1 fully saturated rings. The molecule has 2 aromatic rings. The van der Waals surface area contributed by atoms with Crippen LogP contribution in [0.25, 0.3) is 0 Å². The van der Waals surface area contributed by atoms with Crippen molar-refractivity contribution in [3.8, 4) is 0 Å². The maximum Gasteiger partial charge on any atom is 0.260 e. The van der Waals surface area contributed by atoms with Gasteiger partial charge in [-0.05, 0) is 50.2 Å². The molecule has 1 unspecified atom stereocenters. The quantitative estimate of drug-likeness (QED) is 0.820. The van der Waals surface area contributed by atoms with Gasteiger partial charge in [-0.15, -0.1) is 0 Å². The smallest absolute Gasteiger partial charge is 0.260 e. The highest BCUT2D eigenvalue weighted by Crippen LogP contribution is 2.37. The number of pyridine rings is 1. The Hall–Kier alpha value is -2.73. The van der Waals surface area contributed by atoms with Gasteiger partial charge in [-0.3, -0.25) is 19.5 Å². The van der Waals surface area contributed by atoms with Gasteiger partial charge in [-0.2, -0.15) is 0 Å². The third-order valence-corrected chi connectivity index (χ3v) is 5.78. The first kappa shape index (κ1) is 19.6. The van der Waals surface area contributed by atoms with E-state index in [1.54, 1.807) is 23.2 Å². The van der Waals surface area contributed by atoms with Crippen molar-refractivity contribution in [3.05, 3.63) is 59.9 Å². The molecule has 1 atom stereocenters. The summed E-state index contributed by atoms with van der Waals surface area (Å²) in [7, 11) is 0. The van der Waals surface area contributed by atoms with Gasteiger partial charge in [-0.25, -0.2) is 0 Å². The molecular weight excluding hydrogens is 364 g/mol. The maximum atomic E-state index is 13.0. The number of benzene rings is 1. The van der Waals surface area contributed by atoms with Crippen molar-refractivity contribution in [1.29, 1.82) is 0 Å². The summed E-state index contributed by atoms with van der Waals surface area (Å²) >= 11 is 0. The first-order valence-corrected chi connectivity index (χ1v) is 10.6. The normalized spacial score (nSPS) is 19.7. The lowest BCUT2D eigenvalue weighted by Gasteiger charge is -2.25. The summed E-state index contributed by atoms with van der Waals surface area (Å²) in [6.07, 6.45) is 7.00. The number of nitrogens with one attached hydrogen (secondary N) is 1. The molecule has 1 aromatic heterocycles. The predicted octanol–water partition coefficient (Wildman–Crippen LogP) is 3.17. The summed E-state index contributed by atoms with van der Waals surface area (Å²) < 4.78 is 0. The number of hydrogen-bond donors (Lipinski definition) is 1. The number of fused-ring (bicyclic) bond motifs is 1. The topological polar surface area (TPSA) is 65.5 Å². The van der Waals surface area contributed by atoms with E-state index < -0.39 is 0 Å². The molecule has 6 nitrogen and oxygen atoms in total. The molecule has 0 radical (unpaired) electrons. The van der Waals surface area contributed by atoms with E-state index in [9.17, 15) is 9.59 Å². The van der Waals surface area contributed by atoms with Crippen LogP contribution in [0, 0.1) is 0 Å². The Bertz CT molecular complexity index is 847. The van der Waals surface area contributed by atoms with Crippen LogP contribution in [0.1, 0.15) is 54.2 Å². The maximum absolute atomic E-state index is 13.0. The van der Waals surface area contributed by atoms with E-state index >= 15 is 0 Å². The standard InChI is InChI=1S/C23H28N4O2/c28-21(24-13-16-26-14-6-1-2-7-15-26)17-20-22-19(11-8-12-25-22)23(29)27(20)18-9-4-3-5-10-18/h3-5,8-12,20H,1-2,6-7,13-17H2,(H,24,28). The second kappa shape index (κ2) is 9.18. The van der Waals surface area contributed by atoms with Crippen molar-refractivity contribution in [2.45, 2.75) is 38.1 Å². The number of carbonyl (C=O) groups excluding carboxylic acids is 2. The summed E-state index contributed by atoms with van der Waals surface area (Å²) in [5.74, 6) is -0.140. The molecule has 0 spiro atoms. The minimum absolute atomic E-state index is 0.0444. The van der Waals surface area contributed by atoms with Crippen LogP contribution in [0.2, 0.25) is 0 Å². The van der Waals surface area contributed by atoms with Crippen LogP contribution in [0.3, 0.4) is 0 Å². The highest BCUT2D eigenvalue weighted by molar-refractivity contribution is 6.11. The van der Waals surface area contributed by atoms with Gasteiger partial charge in [0.05, 0.1) is 23.7 Å². The monoisotopic (exact) mass is 392 g/mol. The number of anilines is 1. The van der Waals surface area contributed by atoms with Crippen molar-refractivity contribution in [3.63, 3.8) is 0 Å². The van der Waals surface area contributed by atoms with E-state index in [2.05, 4.69) is 15.2 Å². The molecule has 0 aliphatic carbocycles. The van der Waals surface area contributed by atoms with Crippen LogP contribution in [-0.2, 0) is 4.79 Å². The first-order chi connectivity index (χ1) is 14.2. The largest absolute Gasteiger partial charge is 0.355 e. The molecule has 1 saturated heterocycles. The van der Waals surface area contributed by atoms with Gasteiger partial charge in [0.1, 0.15) is 0 Å². The van der Waals surface area contributed by atoms with Crippen LogP contribution in [0.4, 0.5) is 5.69 Å². The molecule has 4 rings (SSSR count). The molecule has 29 heavy (non-hydrogen) atoms. The summed E-state index contributed by atoms with van der Waals surface area (Å²) in [5.41, 5.74) is 2.06. The molecular formula is C23H28N4O2. The lowest BCUT2D eigenvalue weighted by Crippen LogP contribution is -2.37. The molecule has 3 heterocycles. The number of rotatable bonds is 6. The highest BCUT2D eigenvalue weighted by atomic mass is 16.2. The van der Waals surface area contributed by atoms with Gasteiger partial charge < -0.3 is 10.2 Å². The van der Waals surface area contributed by atoms with E-state index in [1.807, 2.05) is 30.3 Å². The molecule has 6 heteroatoms. The number of nitrogens with zero attached hydrogens (tertiary/aromatic N) is 3. The minimum Gasteiger partial charge on any atom is -0.355 e.